The Kier molecular flexibility index (Phi) is 7.63. The number of amides is 3. The van der Waals surface area contributed by atoms with Crippen molar-refractivity contribution in [1.29, 1.82) is 0 Å². The van der Waals surface area contributed by atoms with Crippen molar-refractivity contribution < 1.29 is 19.2 Å². The molecule has 2 rings (SSSR count). The quantitative estimate of drug-likeness (QED) is 0.516. The number of carbonyl (C=O) groups excluding carboxylic acids is 4. The molecule has 1 aliphatic rings. The molecule has 1 heterocycles. The van der Waals surface area contributed by atoms with Crippen molar-refractivity contribution in [2.45, 2.75) is 32.4 Å². The molecule has 0 aromatic heterocycles. The number of imide groups is 1. The highest BCUT2D eigenvalue weighted by Crippen LogP contribution is 2.23. The van der Waals surface area contributed by atoms with Crippen LogP contribution in [0.25, 0.3) is 0 Å². The summed E-state index contributed by atoms with van der Waals surface area (Å²) in [4.78, 5) is 47.5. The van der Waals surface area contributed by atoms with E-state index in [1.807, 2.05) is 18.9 Å². The van der Waals surface area contributed by atoms with Crippen molar-refractivity contribution in [2.24, 2.45) is 5.92 Å². The van der Waals surface area contributed by atoms with E-state index in [1.54, 1.807) is 18.2 Å². The molecule has 1 atom stereocenters. The highest BCUT2D eigenvalue weighted by molar-refractivity contribution is 5.95. The molecule has 0 saturated carbocycles. The molecule has 3 amide bonds. The second-order valence-electron chi connectivity index (χ2n) is 6.82. The van der Waals surface area contributed by atoms with Crippen LogP contribution in [0.1, 0.15) is 35.7 Å². The molecule has 8 heteroatoms. The van der Waals surface area contributed by atoms with Crippen LogP contribution >= 0.6 is 0 Å². The summed E-state index contributed by atoms with van der Waals surface area (Å²) >= 11 is 0. The fourth-order valence-electron chi connectivity index (χ4n) is 2.82. The predicted molar refractivity (Wildman–Crippen MR) is 101 cm³/mol. The number of aldehydes is 1. The number of benzene rings is 1. The molecule has 1 aliphatic heterocycles. The molecular weight excluding hydrogens is 348 g/mol. The number of nitrogens with one attached hydrogen (secondary N) is 3. The fraction of sp³-hybridized carbons (Fsp3) is 0.474. The lowest BCUT2D eigenvalue weighted by atomic mass is 10.0. The van der Waals surface area contributed by atoms with Crippen LogP contribution in [0.4, 0.5) is 5.69 Å². The number of nitrogens with zero attached hydrogens (tertiary/aromatic N) is 1. The van der Waals surface area contributed by atoms with Gasteiger partial charge in [-0.05, 0) is 26.5 Å². The summed E-state index contributed by atoms with van der Waals surface area (Å²) in [7, 11) is 1.89. The van der Waals surface area contributed by atoms with E-state index in [2.05, 4.69) is 16.0 Å². The monoisotopic (exact) mass is 374 g/mol. The summed E-state index contributed by atoms with van der Waals surface area (Å²) in [5.41, 5.74) is 1.91. The number of hydrogen-bond donors (Lipinski definition) is 3. The minimum atomic E-state index is -0.319. The molecule has 1 aromatic rings. The maximum atomic E-state index is 12.3. The van der Waals surface area contributed by atoms with E-state index < -0.39 is 0 Å². The largest absolute Gasteiger partial charge is 0.325 e. The third-order valence-corrected chi connectivity index (χ3v) is 4.92. The summed E-state index contributed by atoms with van der Waals surface area (Å²) in [5.74, 6) is -0.425. The second-order valence-corrected chi connectivity index (χ2v) is 6.82. The van der Waals surface area contributed by atoms with E-state index in [1.165, 1.54) is 0 Å². The van der Waals surface area contributed by atoms with Crippen LogP contribution in [0.3, 0.4) is 0 Å². The highest BCUT2D eigenvalue weighted by atomic mass is 16.2. The molecule has 27 heavy (non-hydrogen) atoms. The number of carbonyl (C=O) groups is 4. The topological polar surface area (TPSA) is 108 Å². The van der Waals surface area contributed by atoms with Gasteiger partial charge in [-0.25, -0.2) is 0 Å². The maximum absolute atomic E-state index is 12.3. The molecule has 1 fully saturated rings. The molecule has 0 aliphatic carbocycles. The smallest absolute Gasteiger partial charge is 0.230 e. The Bertz CT molecular complexity index is 703. The third-order valence-electron chi connectivity index (χ3n) is 4.92. The SMILES string of the molecule is CC(CCC(=O)NC=O)N(C)Cc1c(C=O)cccc1NC(=O)C1CNC1. The van der Waals surface area contributed by atoms with Crippen LogP contribution < -0.4 is 16.0 Å². The minimum absolute atomic E-state index is 0.0430. The predicted octanol–water partition coefficient (Wildman–Crippen LogP) is 0.530. The van der Waals surface area contributed by atoms with Gasteiger partial charge in [0, 0.05) is 48.9 Å². The molecule has 3 N–H and O–H groups in total. The first kappa shape index (κ1) is 20.7. The minimum Gasteiger partial charge on any atom is -0.325 e. The van der Waals surface area contributed by atoms with Gasteiger partial charge in [-0.3, -0.25) is 29.4 Å². The Morgan fingerprint density at radius 3 is 2.67 bits per heavy atom. The molecule has 0 radical (unpaired) electrons. The molecule has 0 spiro atoms. The normalized spacial score (nSPS) is 14.9. The molecule has 8 nitrogen and oxygen atoms in total. The van der Waals surface area contributed by atoms with Gasteiger partial charge in [-0.15, -0.1) is 0 Å². The lowest BCUT2D eigenvalue weighted by Crippen LogP contribution is -2.48. The van der Waals surface area contributed by atoms with Crippen LogP contribution in [0.5, 0.6) is 0 Å². The lowest BCUT2D eigenvalue weighted by molar-refractivity contribution is -0.125. The van der Waals surface area contributed by atoms with E-state index in [4.69, 9.17) is 0 Å². The zero-order valence-electron chi connectivity index (χ0n) is 15.7. The first-order chi connectivity index (χ1) is 13.0. The van der Waals surface area contributed by atoms with Crippen LogP contribution in [-0.2, 0) is 20.9 Å². The molecule has 0 bridgehead atoms. The molecular formula is C19H26N4O4. The van der Waals surface area contributed by atoms with Gasteiger partial charge in [0.05, 0.1) is 5.92 Å². The van der Waals surface area contributed by atoms with Gasteiger partial charge in [-0.1, -0.05) is 12.1 Å². The molecule has 1 unspecified atom stereocenters. The van der Waals surface area contributed by atoms with E-state index in [0.29, 0.717) is 43.7 Å². The Balaban J connectivity index is 2.06. The van der Waals surface area contributed by atoms with Gasteiger partial charge in [0.2, 0.25) is 18.2 Å². The Labute approximate surface area is 158 Å². The number of hydrogen-bond acceptors (Lipinski definition) is 6. The lowest BCUT2D eigenvalue weighted by Gasteiger charge is -2.28. The highest BCUT2D eigenvalue weighted by Gasteiger charge is 2.26. The second kappa shape index (κ2) is 9.94. The summed E-state index contributed by atoms with van der Waals surface area (Å²) in [6.07, 6.45) is 1.96. The van der Waals surface area contributed by atoms with Gasteiger partial charge in [0.1, 0.15) is 6.29 Å². The van der Waals surface area contributed by atoms with Crippen molar-refractivity contribution in [3.8, 4) is 0 Å². The first-order valence-electron chi connectivity index (χ1n) is 8.98. The van der Waals surface area contributed by atoms with Crippen molar-refractivity contribution in [3.05, 3.63) is 29.3 Å². The summed E-state index contributed by atoms with van der Waals surface area (Å²) in [6, 6.07) is 5.30. The van der Waals surface area contributed by atoms with E-state index in [-0.39, 0.29) is 30.2 Å². The summed E-state index contributed by atoms with van der Waals surface area (Å²) in [5, 5.41) is 8.12. The Morgan fingerprint density at radius 1 is 1.33 bits per heavy atom. The van der Waals surface area contributed by atoms with E-state index in [0.717, 1.165) is 11.8 Å². The van der Waals surface area contributed by atoms with Crippen LogP contribution in [0, 0.1) is 5.92 Å². The van der Waals surface area contributed by atoms with Crippen molar-refractivity contribution in [1.82, 2.24) is 15.5 Å². The summed E-state index contributed by atoms with van der Waals surface area (Å²) < 4.78 is 0. The van der Waals surface area contributed by atoms with Crippen molar-refractivity contribution in [2.75, 3.05) is 25.5 Å². The Hall–Kier alpha value is -2.58. The van der Waals surface area contributed by atoms with Gasteiger partial charge in [0.25, 0.3) is 0 Å². The summed E-state index contributed by atoms with van der Waals surface area (Å²) in [6.45, 7) is 3.74. The molecule has 1 aromatic carbocycles. The first-order valence-corrected chi connectivity index (χ1v) is 8.98. The van der Waals surface area contributed by atoms with E-state index >= 15 is 0 Å². The third kappa shape index (κ3) is 5.70. The van der Waals surface area contributed by atoms with Gasteiger partial charge in [-0.2, -0.15) is 0 Å². The zero-order chi connectivity index (χ0) is 19.8. The van der Waals surface area contributed by atoms with Crippen molar-refractivity contribution >= 4 is 30.2 Å². The van der Waals surface area contributed by atoms with Crippen LogP contribution in [-0.4, -0.2) is 55.6 Å². The molecule has 1 saturated heterocycles. The zero-order valence-corrected chi connectivity index (χ0v) is 15.7. The molecule has 146 valence electrons. The average molecular weight is 374 g/mol. The van der Waals surface area contributed by atoms with Gasteiger partial charge in [0.15, 0.2) is 0 Å². The fourth-order valence-corrected chi connectivity index (χ4v) is 2.82. The average Bonchev–Trinajstić information content (AvgIpc) is 2.59. The van der Waals surface area contributed by atoms with Crippen LogP contribution in [0.15, 0.2) is 18.2 Å². The Morgan fingerprint density at radius 2 is 2.07 bits per heavy atom. The number of anilines is 1. The van der Waals surface area contributed by atoms with Gasteiger partial charge < -0.3 is 10.6 Å². The van der Waals surface area contributed by atoms with E-state index in [9.17, 15) is 19.2 Å². The standard InChI is InChI=1S/C19H26N4O4/c1-13(6-7-18(26)21-12-25)23(2)10-16-14(11-24)4-3-5-17(16)22-19(27)15-8-20-9-15/h3-5,11-13,15,20H,6-10H2,1-2H3,(H,22,27)(H,21,25,26). The van der Waals surface area contributed by atoms with Crippen molar-refractivity contribution in [3.63, 3.8) is 0 Å². The number of rotatable bonds is 10. The van der Waals surface area contributed by atoms with Gasteiger partial charge >= 0.3 is 0 Å². The van der Waals surface area contributed by atoms with Crippen LogP contribution in [0.2, 0.25) is 0 Å². The maximum Gasteiger partial charge on any atom is 0.230 e.